The lowest BCUT2D eigenvalue weighted by Crippen LogP contribution is -2.15. The summed E-state index contributed by atoms with van der Waals surface area (Å²) in [6.45, 7) is 0.635. The van der Waals surface area contributed by atoms with Gasteiger partial charge in [0, 0.05) is 21.7 Å². The van der Waals surface area contributed by atoms with Gasteiger partial charge in [0.05, 0.1) is 5.69 Å². The molecular formula is C13H13Br2N3O2S. The van der Waals surface area contributed by atoms with E-state index in [1.54, 1.807) is 30.5 Å². The van der Waals surface area contributed by atoms with E-state index in [9.17, 15) is 8.42 Å². The van der Waals surface area contributed by atoms with Crippen LogP contribution in [-0.2, 0) is 16.6 Å². The second kappa shape index (κ2) is 6.87. The first-order valence-corrected chi connectivity index (χ1v) is 9.07. The first-order chi connectivity index (χ1) is 9.94. The summed E-state index contributed by atoms with van der Waals surface area (Å²) in [5, 5.41) is 2.96. The molecule has 0 aliphatic rings. The molecule has 5 nitrogen and oxygen atoms in total. The lowest BCUT2D eigenvalue weighted by molar-refractivity contribution is 0.597. The van der Waals surface area contributed by atoms with Crippen LogP contribution in [0, 0.1) is 0 Å². The van der Waals surface area contributed by atoms with Gasteiger partial charge in [-0.1, -0.05) is 12.1 Å². The molecule has 21 heavy (non-hydrogen) atoms. The molecule has 2 N–H and O–H groups in total. The second-order valence-corrected chi connectivity index (χ2v) is 7.58. The average Bonchev–Trinajstić information content (AvgIpc) is 2.44. The van der Waals surface area contributed by atoms with Crippen molar-refractivity contribution in [1.29, 1.82) is 0 Å². The Balaban J connectivity index is 2.30. The summed E-state index contributed by atoms with van der Waals surface area (Å²) in [7, 11) is -1.92. The average molecular weight is 435 g/mol. The second-order valence-electron chi connectivity index (χ2n) is 4.24. The van der Waals surface area contributed by atoms with E-state index in [1.165, 1.54) is 6.07 Å². The van der Waals surface area contributed by atoms with Crippen LogP contribution in [0.3, 0.4) is 0 Å². The molecule has 2 aromatic rings. The molecule has 0 spiro atoms. The number of hydrogen-bond donors (Lipinski definition) is 2. The molecule has 0 atom stereocenters. The molecule has 0 aliphatic heterocycles. The van der Waals surface area contributed by atoms with Gasteiger partial charge in [-0.05, 0) is 62.7 Å². The molecule has 112 valence electrons. The standard InChI is InChI=1S/C13H13Br2N3O2S/c1-16-7-9-5-6-12(17-8-9)21(19,20)18-13-10(14)3-2-4-11(13)15/h2-6,8,16,18H,7H2,1H3. The topological polar surface area (TPSA) is 71.1 Å². The highest BCUT2D eigenvalue weighted by Gasteiger charge is 2.18. The van der Waals surface area contributed by atoms with Gasteiger partial charge in [0.1, 0.15) is 0 Å². The van der Waals surface area contributed by atoms with Gasteiger partial charge in [-0.15, -0.1) is 0 Å². The summed E-state index contributed by atoms with van der Waals surface area (Å²) in [5.74, 6) is 0. The monoisotopic (exact) mass is 433 g/mol. The van der Waals surface area contributed by atoms with Crippen LogP contribution in [0.15, 0.2) is 50.5 Å². The maximum Gasteiger partial charge on any atom is 0.279 e. The highest BCUT2D eigenvalue weighted by molar-refractivity contribution is 9.11. The van der Waals surface area contributed by atoms with Crippen LogP contribution in [-0.4, -0.2) is 20.4 Å². The van der Waals surface area contributed by atoms with Gasteiger partial charge in [-0.3, -0.25) is 4.72 Å². The lowest BCUT2D eigenvalue weighted by Gasteiger charge is -2.11. The number of nitrogens with zero attached hydrogens (tertiary/aromatic N) is 1. The van der Waals surface area contributed by atoms with Crippen molar-refractivity contribution < 1.29 is 8.42 Å². The lowest BCUT2D eigenvalue weighted by atomic mass is 10.3. The Morgan fingerprint density at radius 3 is 2.33 bits per heavy atom. The molecule has 0 fully saturated rings. The van der Waals surface area contributed by atoms with Gasteiger partial charge >= 0.3 is 0 Å². The van der Waals surface area contributed by atoms with Gasteiger partial charge in [-0.2, -0.15) is 8.42 Å². The van der Waals surface area contributed by atoms with E-state index < -0.39 is 10.0 Å². The first kappa shape index (κ1) is 16.4. The number of aromatic nitrogens is 1. The number of nitrogens with one attached hydrogen (secondary N) is 2. The summed E-state index contributed by atoms with van der Waals surface area (Å²) >= 11 is 6.64. The van der Waals surface area contributed by atoms with Crippen molar-refractivity contribution in [2.45, 2.75) is 11.6 Å². The fraction of sp³-hybridized carbons (Fsp3) is 0.154. The predicted octanol–water partition coefficient (Wildman–Crippen LogP) is 3.13. The van der Waals surface area contributed by atoms with E-state index in [1.807, 2.05) is 7.05 Å². The summed E-state index contributed by atoms with van der Waals surface area (Å²) < 4.78 is 28.5. The smallest absolute Gasteiger partial charge is 0.279 e. The zero-order valence-corrected chi connectivity index (χ0v) is 15.1. The number of hydrogen-bond acceptors (Lipinski definition) is 4. The summed E-state index contributed by atoms with van der Waals surface area (Å²) in [6, 6.07) is 8.53. The number of rotatable bonds is 5. The van der Waals surface area contributed by atoms with Crippen molar-refractivity contribution in [2.24, 2.45) is 0 Å². The Hall–Kier alpha value is -0.960. The number of pyridine rings is 1. The molecule has 0 radical (unpaired) electrons. The Labute approximate surface area is 140 Å². The minimum absolute atomic E-state index is 0.0231. The van der Waals surface area contributed by atoms with Crippen LogP contribution in [0.1, 0.15) is 5.56 Å². The van der Waals surface area contributed by atoms with E-state index in [0.29, 0.717) is 21.2 Å². The molecule has 0 bridgehead atoms. The van der Waals surface area contributed by atoms with Gasteiger partial charge in [0.25, 0.3) is 10.0 Å². The highest BCUT2D eigenvalue weighted by Crippen LogP contribution is 2.32. The van der Waals surface area contributed by atoms with Crippen LogP contribution in [0.4, 0.5) is 5.69 Å². The Morgan fingerprint density at radius 1 is 1.14 bits per heavy atom. The van der Waals surface area contributed by atoms with E-state index in [-0.39, 0.29) is 5.03 Å². The fourth-order valence-corrected chi connectivity index (χ4v) is 4.15. The van der Waals surface area contributed by atoms with Crippen molar-refractivity contribution in [3.05, 3.63) is 51.0 Å². The van der Waals surface area contributed by atoms with E-state index in [0.717, 1.165) is 5.56 Å². The Bertz CT molecular complexity index is 713. The van der Waals surface area contributed by atoms with Crippen molar-refractivity contribution in [3.63, 3.8) is 0 Å². The molecule has 2 rings (SSSR count). The first-order valence-electron chi connectivity index (χ1n) is 6.00. The maximum atomic E-state index is 12.3. The number of anilines is 1. The van der Waals surface area contributed by atoms with Gasteiger partial charge < -0.3 is 5.32 Å². The number of para-hydroxylation sites is 1. The molecule has 0 aliphatic carbocycles. The van der Waals surface area contributed by atoms with E-state index in [4.69, 9.17) is 0 Å². The van der Waals surface area contributed by atoms with Crippen molar-refractivity contribution in [2.75, 3.05) is 11.8 Å². The molecule has 1 aromatic carbocycles. The number of halogens is 2. The molecule has 0 unspecified atom stereocenters. The molecule has 0 saturated carbocycles. The molecule has 1 heterocycles. The van der Waals surface area contributed by atoms with Crippen LogP contribution < -0.4 is 10.0 Å². The Morgan fingerprint density at radius 2 is 1.81 bits per heavy atom. The minimum Gasteiger partial charge on any atom is -0.316 e. The van der Waals surface area contributed by atoms with Crippen molar-refractivity contribution in [1.82, 2.24) is 10.3 Å². The third-order valence-corrected chi connectivity index (χ3v) is 5.24. The van der Waals surface area contributed by atoms with Gasteiger partial charge in [-0.25, -0.2) is 4.98 Å². The molecule has 1 aromatic heterocycles. The summed E-state index contributed by atoms with van der Waals surface area (Å²) in [4.78, 5) is 4.00. The van der Waals surface area contributed by atoms with Crippen molar-refractivity contribution in [3.8, 4) is 0 Å². The number of benzene rings is 1. The fourth-order valence-electron chi connectivity index (χ4n) is 1.66. The Kier molecular flexibility index (Phi) is 5.37. The van der Waals surface area contributed by atoms with Crippen molar-refractivity contribution >= 4 is 47.6 Å². The SMILES string of the molecule is CNCc1ccc(S(=O)(=O)Nc2c(Br)cccc2Br)nc1. The van der Waals surface area contributed by atoms with Crippen LogP contribution in [0.5, 0.6) is 0 Å². The summed E-state index contributed by atoms with van der Waals surface area (Å²) in [6.07, 6.45) is 1.54. The van der Waals surface area contributed by atoms with Gasteiger partial charge in [0.15, 0.2) is 5.03 Å². The minimum atomic E-state index is -3.73. The largest absolute Gasteiger partial charge is 0.316 e. The summed E-state index contributed by atoms with van der Waals surface area (Å²) in [5.41, 5.74) is 1.36. The maximum absolute atomic E-state index is 12.3. The third kappa shape index (κ3) is 4.03. The normalized spacial score (nSPS) is 11.4. The van der Waals surface area contributed by atoms with Crippen LogP contribution >= 0.6 is 31.9 Å². The molecule has 0 amide bonds. The molecule has 0 saturated heterocycles. The molecule has 8 heteroatoms. The van der Waals surface area contributed by atoms with Gasteiger partial charge in [0.2, 0.25) is 0 Å². The van der Waals surface area contributed by atoms with E-state index in [2.05, 4.69) is 46.9 Å². The molecular weight excluding hydrogens is 422 g/mol. The van der Waals surface area contributed by atoms with Crippen LogP contribution in [0.2, 0.25) is 0 Å². The predicted molar refractivity (Wildman–Crippen MR) is 89.7 cm³/mol. The zero-order chi connectivity index (χ0) is 15.5. The zero-order valence-electron chi connectivity index (χ0n) is 11.1. The highest BCUT2D eigenvalue weighted by atomic mass is 79.9. The third-order valence-electron chi connectivity index (χ3n) is 2.65. The van der Waals surface area contributed by atoms with E-state index >= 15 is 0 Å². The van der Waals surface area contributed by atoms with Crippen LogP contribution in [0.25, 0.3) is 0 Å². The quantitative estimate of drug-likeness (QED) is 0.758. The number of sulfonamides is 1.